The second kappa shape index (κ2) is 6.82. The first kappa shape index (κ1) is 15.3. The summed E-state index contributed by atoms with van der Waals surface area (Å²) in [7, 11) is -3.45. The summed E-state index contributed by atoms with van der Waals surface area (Å²) in [4.78, 5) is 13.3. The fourth-order valence-electron chi connectivity index (χ4n) is 1.34. The second-order valence-electron chi connectivity index (χ2n) is 3.46. The van der Waals surface area contributed by atoms with Crippen LogP contribution < -0.4 is 10.5 Å². The lowest BCUT2D eigenvalue weighted by Gasteiger charge is -2.23. The van der Waals surface area contributed by atoms with Crippen LogP contribution in [0.3, 0.4) is 0 Å². The van der Waals surface area contributed by atoms with Crippen molar-refractivity contribution in [3.05, 3.63) is 0 Å². The maximum atomic E-state index is 11.8. The highest BCUT2D eigenvalue weighted by molar-refractivity contribution is 7.89. The number of sulfonamides is 1. The third kappa shape index (κ3) is 4.91. The van der Waals surface area contributed by atoms with E-state index in [0.29, 0.717) is 13.1 Å². The van der Waals surface area contributed by atoms with Gasteiger partial charge in [-0.05, 0) is 20.8 Å². The van der Waals surface area contributed by atoms with Crippen LogP contribution in [0.5, 0.6) is 0 Å². The van der Waals surface area contributed by atoms with Gasteiger partial charge in [-0.15, -0.1) is 0 Å². The van der Waals surface area contributed by atoms with Gasteiger partial charge < -0.3 is 10.6 Å². The number of rotatable bonds is 7. The van der Waals surface area contributed by atoms with Gasteiger partial charge in [0, 0.05) is 19.6 Å². The molecule has 1 amide bonds. The zero-order chi connectivity index (χ0) is 12.8. The highest BCUT2D eigenvalue weighted by atomic mass is 32.2. The molecule has 0 bridgehead atoms. The van der Waals surface area contributed by atoms with Gasteiger partial charge in [-0.3, -0.25) is 4.79 Å². The van der Waals surface area contributed by atoms with E-state index in [4.69, 9.17) is 5.73 Å². The smallest absolute Gasteiger partial charge is 0.240 e. The Hall–Kier alpha value is -0.660. The van der Waals surface area contributed by atoms with Crippen LogP contribution in [0, 0.1) is 0 Å². The highest BCUT2D eigenvalue weighted by Crippen LogP contribution is 1.97. The predicted molar refractivity (Wildman–Crippen MR) is 63.4 cm³/mol. The molecule has 0 saturated heterocycles. The van der Waals surface area contributed by atoms with E-state index >= 15 is 0 Å². The first-order valence-corrected chi connectivity index (χ1v) is 7.02. The molecule has 6 nitrogen and oxygen atoms in total. The molecule has 0 aliphatic carbocycles. The van der Waals surface area contributed by atoms with Gasteiger partial charge in [0.2, 0.25) is 15.9 Å². The van der Waals surface area contributed by atoms with Crippen molar-refractivity contribution < 1.29 is 13.2 Å². The van der Waals surface area contributed by atoms with E-state index in [9.17, 15) is 13.2 Å². The summed E-state index contributed by atoms with van der Waals surface area (Å²) in [5, 5.41) is 0. The maximum absolute atomic E-state index is 11.8. The highest BCUT2D eigenvalue weighted by Gasteiger charge is 2.22. The van der Waals surface area contributed by atoms with Crippen molar-refractivity contribution in [1.29, 1.82) is 0 Å². The van der Waals surface area contributed by atoms with Gasteiger partial charge in [0.15, 0.2) is 0 Å². The molecule has 0 heterocycles. The molecule has 16 heavy (non-hydrogen) atoms. The van der Waals surface area contributed by atoms with E-state index in [0.717, 1.165) is 0 Å². The van der Waals surface area contributed by atoms with Gasteiger partial charge in [0.1, 0.15) is 0 Å². The number of hydrogen-bond acceptors (Lipinski definition) is 4. The van der Waals surface area contributed by atoms with Gasteiger partial charge >= 0.3 is 0 Å². The van der Waals surface area contributed by atoms with Crippen LogP contribution in [0.25, 0.3) is 0 Å². The Labute approximate surface area is 97.2 Å². The minimum absolute atomic E-state index is 0.0432. The molecule has 0 radical (unpaired) electrons. The summed E-state index contributed by atoms with van der Waals surface area (Å²) in [6, 6.07) is -0.739. The summed E-state index contributed by atoms with van der Waals surface area (Å²) in [6.45, 7) is 6.41. The first-order valence-electron chi connectivity index (χ1n) is 5.36. The standard InChI is InChI=1S/C9H21N3O3S/c1-4-12(5-2)9(13)8(3)11-16(14,15)7-6-10/h8,11H,4-7,10H2,1-3H3. The molecule has 0 saturated carbocycles. The SMILES string of the molecule is CCN(CC)C(=O)C(C)NS(=O)(=O)CCN. The van der Waals surface area contributed by atoms with Crippen LogP contribution in [-0.4, -0.2) is 50.7 Å². The molecule has 7 heteroatoms. The Balaban J connectivity index is 4.46. The third-order valence-corrected chi connectivity index (χ3v) is 3.67. The molecule has 3 N–H and O–H groups in total. The van der Waals surface area contributed by atoms with Gasteiger partial charge in [0.25, 0.3) is 0 Å². The summed E-state index contributed by atoms with van der Waals surface area (Å²) >= 11 is 0. The monoisotopic (exact) mass is 251 g/mol. The van der Waals surface area contributed by atoms with E-state index < -0.39 is 16.1 Å². The fraction of sp³-hybridized carbons (Fsp3) is 0.889. The first-order chi connectivity index (χ1) is 7.37. The van der Waals surface area contributed by atoms with E-state index in [1.54, 1.807) is 4.90 Å². The van der Waals surface area contributed by atoms with E-state index in [-0.39, 0.29) is 18.2 Å². The van der Waals surface area contributed by atoms with Crippen molar-refractivity contribution in [2.24, 2.45) is 5.73 Å². The third-order valence-electron chi connectivity index (χ3n) is 2.19. The fourth-order valence-corrected chi connectivity index (χ4v) is 2.41. The normalized spacial score (nSPS) is 13.5. The van der Waals surface area contributed by atoms with Crippen LogP contribution in [0.4, 0.5) is 0 Å². The second-order valence-corrected chi connectivity index (χ2v) is 5.33. The molecule has 96 valence electrons. The van der Waals surface area contributed by atoms with E-state index in [2.05, 4.69) is 4.72 Å². The Morgan fingerprint density at radius 2 is 1.88 bits per heavy atom. The zero-order valence-electron chi connectivity index (χ0n) is 10.1. The van der Waals surface area contributed by atoms with Crippen molar-refractivity contribution in [2.75, 3.05) is 25.4 Å². The zero-order valence-corrected chi connectivity index (χ0v) is 10.9. The molecule has 0 aliphatic rings. The van der Waals surface area contributed by atoms with Crippen LogP contribution in [-0.2, 0) is 14.8 Å². The van der Waals surface area contributed by atoms with Gasteiger partial charge in [-0.25, -0.2) is 13.1 Å². The van der Waals surface area contributed by atoms with Crippen LogP contribution in [0.15, 0.2) is 0 Å². The number of carbonyl (C=O) groups is 1. The van der Waals surface area contributed by atoms with E-state index in [1.807, 2.05) is 13.8 Å². The Bertz CT molecular complexity index is 312. The molecule has 0 aromatic rings. The number of nitrogens with two attached hydrogens (primary N) is 1. The molecule has 0 aliphatic heterocycles. The van der Waals surface area contributed by atoms with Crippen molar-refractivity contribution in [2.45, 2.75) is 26.8 Å². The number of amides is 1. The van der Waals surface area contributed by atoms with Crippen molar-refractivity contribution in [3.8, 4) is 0 Å². The molecule has 0 aromatic carbocycles. The van der Waals surface area contributed by atoms with Gasteiger partial charge in [-0.1, -0.05) is 0 Å². The summed E-state index contributed by atoms with van der Waals surface area (Å²) < 4.78 is 25.1. The molecule has 1 atom stereocenters. The number of nitrogens with one attached hydrogen (secondary N) is 1. The Morgan fingerprint density at radius 3 is 2.25 bits per heavy atom. The van der Waals surface area contributed by atoms with Crippen molar-refractivity contribution in [3.63, 3.8) is 0 Å². The number of carbonyl (C=O) groups excluding carboxylic acids is 1. The van der Waals surface area contributed by atoms with Gasteiger partial charge in [-0.2, -0.15) is 0 Å². The Kier molecular flexibility index (Phi) is 6.54. The summed E-state index contributed by atoms with van der Waals surface area (Å²) in [5.41, 5.74) is 5.16. The molecule has 0 aromatic heterocycles. The molecule has 1 unspecified atom stereocenters. The minimum atomic E-state index is -3.45. The summed E-state index contributed by atoms with van der Waals surface area (Å²) in [6.07, 6.45) is 0. The van der Waals surface area contributed by atoms with Crippen LogP contribution in [0.2, 0.25) is 0 Å². The maximum Gasteiger partial charge on any atom is 0.240 e. The van der Waals surface area contributed by atoms with Gasteiger partial charge in [0.05, 0.1) is 11.8 Å². The lowest BCUT2D eigenvalue weighted by atomic mass is 10.3. The van der Waals surface area contributed by atoms with Crippen LogP contribution >= 0.6 is 0 Å². The lowest BCUT2D eigenvalue weighted by molar-refractivity contribution is -0.132. The molecule has 0 fully saturated rings. The minimum Gasteiger partial charge on any atom is -0.342 e. The summed E-state index contributed by atoms with van der Waals surface area (Å²) in [5.74, 6) is -0.381. The van der Waals surface area contributed by atoms with Crippen molar-refractivity contribution >= 4 is 15.9 Å². The number of hydrogen-bond donors (Lipinski definition) is 2. The lowest BCUT2D eigenvalue weighted by Crippen LogP contribution is -2.47. The Morgan fingerprint density at radius 1 is 1.38 bits per heavy atom. The largest absolute Gasteiger partial charge is 0.342 e. The molecular formula is C9H21N3O3S. The number of likely N-dealkylation sites (N-methyl/N-ethyl adjacent to an activating group) is 1. The molecule has 0 rings (SSSR count). The predicted octanol–water partition coefficient (Wildman–Crippen LogP) is -0.879. The van der Waals surface area contributed by atoms with Crippen LogP contribution in [0.1, 0.15) is 20.8 Å². The average Bonchev–Trinajstić information content (AvgIpc) is 2.18. The average molecular weight is 251 g/mol. The quantitative estimate of drug-likeness (QED) is 0.614. The molecular weight excluding hydrogens is 230 g/mol. The number of nitrogens with zero attached hydrogens (tertiary/aromatic N) is 1. The van der Waals surface area contributed by atoms with E-state index in [1.165, 1.54) is 6.92 Å². The molecule has 0 spiro atoms. The van der Waals surface area contributed by atoms with Crippen molar-refractivity contribution in [1.82, 2.24) is 9.62 Å². The topological polar surface area (TPSA) is 92.5 Å².